The fraction of sp³-hybridized carbons (Fsp3) is 0.261. The van der Waals surface area contributed by atoms with Crippen LogP contribution in [0, 0.1) is 6.92 Å². The average molecular weight is 440 g/mol. The number of nitrogens with zero attached hydrogens (tertiary/aromatic N) is 3. The second-order valence-electron chi connectivity index (χ2n) is 6.68. The first-order valence-electron chi connectivity index (χ1n) is 9.66. The highest BCUT2D eigenvalue weighted by Gasteiger charge is 2.16. The third-order valence-corrected chi connectivity index (χ3v) is 5.49. The van der Waals surface area contributed by atoms with Gasteiger partial charge < -0.3 is 14.2 Å². The largest absolute Gasteiger partial charge is 0.497 e. The third kappa shape index (κ3) is 5.67. The molecule has 8 heteroatoms. The summed E-state index contributed by atoms with van der Waals surface area (Å²) >= 11 is 1.33. The van der Waals surface area contributed by atoms with E-state index in [0.717, 1.165) is 5.56 Å². The quantitative estimate of drug-likeness (QED) is 0.250. The number of aryl methyl sites for hydroxylation is 1. The van der Waals surface area contributed by atoms with Crippen LogP contribution in [-0.4, -0.2) is 40.5 Å². The topological polar surface area (TPSA) is 75.5 Å². The van der Waals surface area contributed by atoms with E-state index in [9.17, 15) is 4.79 Å². The van der Waals surface area contributed by atoms with Gasteiger partial charge in [-0.15, -0.1) is 16.8 Å². The molecule has 3 rings (SSSR count). The van der Waals surface area contributed by atoms with Crippen LogP contribution in [0.2, 0.25) is 0 Å². The highest BCUT2D eigenvalue weighted by molar-refractivity contribution is 7.99. The molecule has 0 bridgehead atoms. The Balaban J connectivity index is 1.68. The summed E-state index contributed by atoms with van der Waals surface area (Å²) in [6.07, 6.45) is 1.76. The van der Waals surface area contributed by atoms with Gasteiger partial charge in [0.25, 0.3) is 0 Å². The maximum Gasteiger partial charge on any atom is 0.192 e. The Hall–Kier alpha value is -3.26. The zero-order valence-electron chi connectivity index (χ0n) is 17.8. The van der Waals surface area contributed by atoms with E-state index in [1.807, 2.05) is 29.7 Å². The molecule has 0 saturated carbocycles. The van der Waals surface area contributed by atoms with Gasteiger partial charge in [-0.3, -0.25) is 9.36 Å². The Morgan fingerprint density at radius 2 is 1.87 bits per heavy atom. The van der Waals surface area contributed by atoms with Crippen molar-refractivity contribution in [3.05, 3.63) is 72.1 Å². The summed E-state index contributed by atoms with van der Waals surface area (Å²) in [6, 6.07) is 12.8. The van der Waals surface area contributed by atoms with Crippen LogP contribution in [0.3, 0.4) is 0 Å². The van der Waals surface area contributed by atoms with Gasteiger partial charge in [-0.1, -0.05) is 23.9 Å². The average Bonchev–Trinajstić information content (AvgIpc) is 3.18. The Morgan fingerprint density at radius 1 is 1.10 bits per heavy atom. The molecule has 162 valence electrons. The summed E-state index contributed by atoms with van der Waals surface area (Å²) in [4.78, 5) is 12.5. The lowest BCUT2D eigenvalue weighted by Gasteiger charge is -2.12. The minimum absolute atomic E-state index is 0.00278. The summed E-state index contributed by atoms with van der Waals surface area (Å²) in [7, 11) is 3.20. The predicted octanol–water partition coefficient (Wildman–Crippen LogP) is 4.34. The van der Waals surface area contributed by atoms with Crippen molar-refractivity contribution in [3.8, 4) is 17.2 Å². The molecule has 0 aliphatic rings. The molecule has 0 aliphatic carbocycles. The summed E-state index contributed by atoms with van der Waals surface area (Å²) < 4.78 is 18.3. The molecule has 3 aromatic rings. The molecule has 0 amide bonds. The minimum atomic E-state index is 0.00278. The molecule has 2 aromatic carbocycles. The van der Waals surface area contributed by atoms with Crippen molar-refractivity contribution in [2.45, 2.75) is 25.2 Å². The fourth-order valence-corrected chi connectivity index (χ4v) is 3.73. The van der Waals surface area contributed by atoms with Crippen molar-refractivity contribution in [2.24, 2.45) is 0 Å². The van der Waals surface area contributed by atoms with Crippen LogP contribution in [0.1, 0.15) is 21.7 Å². The first-order valence-corrected chi connectivity index (χ1v) is 10.6. The van der Waals surface area contributed by atoms with Crippen molar-refractivity contribution >= 4 is 17.5 Å². The Kier molecular flexibility index (Phi) is 7.72. The number of allylic oxidation sites excluding steroid dienone is 1. The molecular weight excluding hydrogens is 414 g/mol. The highest BCUT2D eigenvalue weighted by Crippen LogP contribution is 2.29. The number of Topliss-reactive ketones (excluding diaryl/α,β-unsaturated/α-hetero) is 1. The lowest BCUT2D eigenvalue weighted by molar-refractivity contribution is 0.102. The van der Waals surface area contributed by atoms with Gasteiger partial charge in [0.2, 0.25) is 0 Å². The normalized spacial score (nSPS) is 10.5. The lowest BCUT2D eigenvalue weighted by Crippen LogP contribution is -2.09. The number of benzene rings is 2. The van der Waals surface area contributed by atoms with Crippen molar-refractivity contribution in [2.75, 3.05) is 20.0 Å². The van der Waals surface area contributed by atoms with Gasteiger partial charge in [-0.05, 0) is 48.9 Å². The SMILES string of the molecule is C=CCn1c(COc2ccc(C)cc2OC)nnc1SCC(=O)c1ccc(OC)cc1. The molecule has 7 nitrogen and oxygen atoms in total. The van der Waals surface area contributed by atoms with Gasteiger partial charge in [0.15, 0.2) is 28.3 Å². The Labute approximate surface area is 186 Å². The third-order valence-electron chi connectivity index (χ3n) is 4.53. The number of rotatable bonds is 11. The van der Waals surface area contributed by atoms with E-state index in [2.05, 4.69) is 16.8 Å². The maximum absolute atomic E-state index is 12.5. The number of hydrogen-bond acceptors (Lipinski definition) is 7. The van der Waals surface area contributed by atoms with E-state index in [0.29, 0.717) is 40.3 Å². The first kappa shape index (κ1) is 22.4. The van der Waals surface area contributed by atoms with E-state index in [4.69, 9.17) is 14.2 Å². The molecule has 0 spiro atoms. The van der Waals surface area contributed by atoms with E-state index < -0.39 is 0 Å². The van der Waals surface area contributed by atoms with Crippen LogP contribution in [-0.2, 0) is 13.2 Å². The molecule has 0 radical (unpaired) electrons. The van der Waals surface area contributed by atoms with Gasteiger partial charge >= 0.3 is 0 Å². The van der Waals surface area contributed by atoms with Crippen LogP contribution >= 0.6 is 11.8 Å². The van der Waals surface area contributed by atoms with Gasteiger partial charge in [-0.25, -0.2) is 0 Å². The highest BCUT2D eigenvalue weighted by atomic mass is 32.2. The van der Waals surface area contributed by atoms with Crippen LogP contribution in [0.4, 0.5) is 0 Å². The predicted molar refractivity (Wildman–Crippen MR) is 120 cm³/mol. The number of ketones is 1. The van der Waals surface area contributed by atoms with Crippen molar-refractivity contribution in [1.82, 2.24) is 14.8 Å². The molecular formula is C23H25N3O4S. The van der Waals surface area contributed by atoms with E-state index in [1.165, 1.54) is 11.8 Å². The number of methoxy groups -OCH3 is 2. The van der Waals surface area contributed by atoms with Crippen molar-refractivity contribution in [3.63, 3.8) is 0 Å². The number of carbonyl (C=O) groups excluding carboxylic acids is 1. The number of carbonyl (C=O) groups is 1. The zero-order valence-corrected chi connectivity index (χ0v) is 18.6. The summed E-state index contributed by atoms with van der Waals surface area (Å²) in [5.74, 6) is 2.89. The number of hydrogen-bond donors (Lipinski definition) is 0. The molecule has 1 aromatic heterocycles. The lowest BCUT2D eigenvalue weighted by atomic mass is 10.1. The monoisotopic (exact) mass is 439 g/mol. The fourth-order valence-electron chi connectivity index (χ4n) is 2.87. The standard InChI is InChI=1S/C23H25N3O4S/c1-5-12-26-22(14-30-20-11-6-16(2)13-21(20)29-4)24-25-23(26)31-15-19(27)17-7-9-18(28-3)10-8-17/h5-11,13H,1,12,14-15H2,2-4H3. The molecule has 1 heterocycles. The van der Waals surface area contributed by atoms with Gasteiger partial charge in [0.1, 0.15) is 12.4 Å². The van der Waals surface area contributed by atoms with Gasteiger partial charge in [-0.2, -0.15) is 0 Å². The number of ether oxygens (including phenoxy) is 3. The van der Waals surface area contributed by atoms with Gasteiger partial charge in [0.05, 0.1) is 20.0 Å². The summed E-state index contributed by atoms with van der Waals surface area (Å²) in [5, 5.41) is 9.12. The van der Waals surface area contributed by atoms with Crippen LogP contribution in [0.5, 0.6) is 17.2 Å². The van der Waals surface area contributed by atoms with Crippen LogP contribution in [0.15, 0.2) is 60.3 Å². The van der Waals surface area contributed by atoms with Crippen molar-refractivity contribution < 1.29 is 19.0 Å². The maximum atomic E-state index is 12.5. The number of thioether (sulfide) groups is 1. The molecule has 0 fully saturated rings. The number of aromatic nitrogens is 3. The molecule has 31 heavy (non-hydrogen) atoms. The molecule has 0 N–H and O–H groups in total. The first-order chi connectivity index (χ1) is 15.0. The zero-order chi connectivity index (χ0) is 22.2. The summed E-state index contributed by atoms with van der Waals surface area (Å²) in [5.41, 5.74) is 1.71. The van der Waals surface area contributed by atoms with Crippen molar-refractivity contribution in [1.29, 1.82) is 0 Å². The smallest absolute Gasteiger partial charge is 0.192 e. The van der Waals surface area contributed by atoms with Gasteiger partial charge in [0, 0.05) is 12.1 Å². The van der Waals surface area contributed by atoms with Crippen LogP contribution in [0.25, 0.3) is 0 Å². The summed E-state index contributed by atoms with van der Waals surface area (Å²) in [6.45, 7) is 6.52. The Morgan fingerprint density at radius 3 is 2.55 bits per heavy atom. The van der Waals surface area contributed by atoms with E-state index >= 15 is 0 Å². The van der Waals surface area contributed by atoms with Crippen LogP contribution < -0.4 is 14.2 Å². The molecule has 0 atom stereocenters. The van der Waals surface area contributed by atoms with E-state index in [1.54, 1.807) is 44.6 Å². The van der Waals surface area contributed by atoms with E-state index in [-0.39, 0.29) is 18.1 Å². The second-order valence-corrected chi connectivity index (χ2v) is 7.62. The molecule has 0 saturated heterocycles. The minimum Gasteiger partial charge on any atom is -0.497 e. The Bertz CT molecular complexity index is 1050. The molecule has 0 aliphatic heterocycles. The molecule has 0 unspecified atom stereocenters. The second kappa shape index (κ2) is 10.7.